The smallest absolute Gasteiger partial charge is 0.336 e. The summed E-state index contributed by atoms with van der Waals surface area (Å²) in [7, 11) is 0. The Morgan fingerprint density at radius 3 is 1.95 bits per heavy atom. The maximum atomic E-state index is 12.6. The molecule has 0 aromatic heterocycles. The number of ketones is 1. The SMILES string of the molecule is Cc1cc(C)c(C(=O)c2ccccc2C(=O)O)cc1C. The number of hydrogen-bond donors (Lipinski definition) is 1. The second-order valence-electron chi connectivity index (χ2n) is 4.93. The van der Waals surface area contributed by atoms with Gasteiger partial charge in [-0.05, 0) is 49.6 Å². The van der Waals surface area contributed by atoms with Gasteiger partial charge in [-0.2, -0.15) is 0 Å². The van der Waals surface area contributed by atoms with Gasteiger partial charge in [0.1, 0.15) is 0 Å². The average molecular weight is 268 g/mol. The summed E-state index contributed by atoms with van der Waals surface area (Å²) in [5, 5.41) is 9.18. The van der Waals surface area contributed by atoms with Crippen LogP contribution in [0, 0.1) is 20.8 Å². The van der Waals surface area contributed by atoms with E-state index in [1.807, 2.05) is 32.9 Å². The minimum absolute atomic E-state index is 0.0372. The molecule has 3 nitrogen and oxygen atoms in total. The topological polar surface area (TPSA) is 54.4 Å². The Morgan fingerprint density at radius 1 is 0.800 bits per heavy atom. The third kappa shape index (κ3) is 2.48. The van der Waals surface area contributed by atoms with Crippen LogP contribution in [0.5, 0.6) is 0 Å². The number of carbonyl (C=O) groups is 2. The van der Waals surface area contributed by atoms with Gasteiger partial charge in [0.2, 0.25) is 0 Å². The van der Waals surface area contributed by atoms with Crippen LogP contribution in [0.1, 0.15) is 43.0 Å². The molecule has 102 valence electrons. The number of hydrogen-bond acceptors (Lipinski definition) is 2. The molecule has 0 unspecified atom stereocenters. The fraction of sp³-hybridized carbons (Fsp3) is 0.176. The minimum Gasteiger partial charge on any atom is -0.478 e. The summed E-state index contributed by atoms with van der Waals surface area (Å²) in [4.78, 5) is 23.8. The number of carbonyl (C=O) groups excluding carboxylic acids is 1. The Bertz CT molecular complexity index is 699. The second kappa shape index (κ2) is 5.29. The van der Waals surface area contributed by atoms with Crippen molar-refractivity contribution in [3.8, 4) is 0 Å². The van der Waals surface area contributed by atoms with Crippen LogP contribution in [0.3, 0.4) is 0 Å². The quantitative estimate of drug-likeness (QED) is 0.866. The lowest BCUT2D eigenvalue weighted by Gasteiger charge is -2.10. The van der Waals surface area contributed by atoms with E-state index in [-0.39, 0.29) is 16.9 Å². The van der Waals surface area contributed by atoms with Crippen LogP contribution in [0.15, 0.2) is 36.4 Å². The Kier molecular flexibility index (Phi) is 3.70. The van der Waals surface area contributed by atoms with Crippen molar-refractivity contribution in [2.75, 3.05) is 0 Å². The first-order valence-electron chi connectivity index (χ1n) is 6.36. The van der Waals surface area contributed by atoms with E-state index in [9.17, 15) is 14.7 Å². The van der Waals surface area contributed by atoms with Crippen LogP contribution >= 0.6 is 0 Å². The summed E-state index contributed by atoms with van der Waals surface area (Å²) in [6, 6.07) is 10.1. The normalized spacial score (nSPS) is 10.3. The van der Waals surface area contributed by atoms with Crippen LogP contribution in [0.25, 0.3) is 0 Å². The molecule has 0 aliphatic rings. The highest BCUT2D eigenvalue weighted by Gasteiger charge is 2.19. The molecular weight excluding hydrogens is 252 g/mol. The molecule has 0 bridgehead atoms. The van der Waals surface area contributed by atoms with E-state index in [4.69, 9.17) is 0 Å². The van der Waals surface area contributed by atoms with Gasteiger partial charge in [0.15, 0.2) is 5.78 Å². The number of aryl methyl sites for hydroxylation is 3. The third-order valence-corrected chi connectivity index (χ3v) is 3.49. The van der Waals surface area contributed by atoms with E-state index >= 15 is 0 Å². The molecular formula is C17H16O3. The first-order chi connectivity index (χ1) is 9.41. The zero-order valence-corrected chi connectivity index (χ0v) is 11.7. The summed E-state index contributed by atoms with van der Waals surface area (Å²) in [6.45, 7) is 5.79. The molecule has 0 aliphatic heterocycles. The largest absolute Gasteiger partial charge is 0.478 e. The first kappa shape index (κ1) is 14.0. The molecule has 0 saturated heterocycles. The van der Waals surface area contributed by atoms with E-state index in [1.165, 1.54) is 6.07 Å². The summed E-state index contributed by atoms with van der Waals surface area (Å²) in [5.41, 5.74) is 3.82. The highest BCUT2D eigenvalue weighted by atomic mass is 16.4. The van der Waals surface area contributed by atoms with Crippen molar-refractivity contribution in [3.05, 3.63) is 69.8 Å². The first-order valence-corrected chi connectivity index (χ1v) is 6.36. The Morgan fingerprint density at radius 2 is 1.35 bits per heavy atom. The molecule has 0 fully saturated rings. The molecule has 0 aliphatic carbocycles. The average Bonchev–Trinajstić information content (AvgIpc) is 2.42. The minimum atomic E-state index is -1.09. The molecule has 0 spiro atoms. The van der Waals surface area contributed by atoms with Gasteiger partial charge in [-0.25, -0.2) is 4.79 Å². The van der Waals surface area contributed by atoms with Gasteiger partial charge >= 0.3 is 5.97 Å². The summed E-state index contributed by atoms with van der Waals surface area (Å²) in [5.74, 6) is -1.33. The van der Waals surface area contributed by atoms with Crippen LogP contribution in [0.2, 0.25) is 0 Å². The van der Waals surface area contributed by atoms with Gasteiger partial charge < -0.3 is 5.11 Å². The van der Waals surface area contributed by atoms with E-state index in [0.29, 0.717) is 5.56 Å². The molecule has 1 N–H and O–H groups in total. The van der Waals surface area contributed by atoms with E-state index < -0.39 is 5.97 Å². The van der Waals surface area contributed by atoms with Crippen molar-refractivity contribution in [1.82, 2.24) is 0 Å². The number of benzene rings is 2. The molecule has 20 heavy (non-hydrogen) atoms. The predicted molar refractivity (Wildman–Crippen MR) is 77.5 cm³/mol. The summed E-state index contributed by atoms with van der Waals surface area (Å²) in [6.07, 6.45) is 0. The van der Waals surface area contributed by atoms with Crippen LogP contribution in [-0.2, 0) is 0 Å². The Hall–Kier alpha value is -2.42. The van der Waals surface area contributed by atoms with Crippen LogP contribution in [-0.4, -0.2) is 16.9 Å². The van der Waals surface area contributed by atoms with E-state index in [2.05, 4.69) is 0 Å². The van der Waals surface area contributed by atoms with Crippen molar-refractivity contribution >= 4 is 11.8 Å². The fourth-order valence-electron chi connectivity index (χ4n) is 2.22. The Balaban J connectivity index is 2.58. The standard InChI is InChI=1S/C17H16O3/c1-10-8-12(3)15(9-11(10)2)16(18)13-6-4-5-7-14(13)17(19)20/h4-9H,1-3H3,(H,19,20). The molecule has 0 saturated carbocycles. The van der Waals surface area contributed by atoms with Crippen molar-refractivity contribution < 1.29 is 14.7 Å². The van der Waals surface area contributed by atoms with Crippen molar-refractivity contribution in [2.24, 2.45) is 0 Å². The molecule has 3 heteroatoms. The fourth-order valence-corrected chi connectivity index (χ4v) is 2.22. The molecule has 0 amide bonds. The van der Waals surface area contributed by atoms with Gasteiger partial charge in [0, 0.05) is 11.1 Å². The number of carboxylic acids is 1. The highest BCUT2D eigenvalue weighted by Crippen LogP contribution is 2.21. The zero-order valence-electron chi connectivity index (χ0n) is 11.7. The maximum absolute atomic E-state index is 12.6. The molecule has 2 aromatic carbocycles. The number of rotatable bonds is 3. The Labute approximate surface area is 117 Å². The lowest BCUT2D eigenvalue weighted by molar-refractivity contribution is 0.0693. The third-order valence-electron chi connectivity index (χ3n) is 3.49. The predicted octanol–water partition coefficient (Wildman–Crippen LogP) is 3.54. The second-order valence-corrected chi connectivity index (χ2v) is 4.93. The molecule has 2 rings (SSSR count). The van der Waals surface area contributed by atoms with Crippen molar-refractivity contribution in [1.29, 1.82) is 0 Å². The molecule has 2 aromatic rings. The van der Waals surface area contributed by atoms with Crippen molar-refractivity contribution in [3.63, 3.8) is 0 Å². The van der Waals surface area contributed by atoms with Crippen molar-refractivity contribution in [2.45, 2.75) is 20.8 Å². The van der Waals surface area contributed by atoms with Crippen LogP contribution < -0.4 is 0 Å². The van der Waals surface area contributed by atoms with Gasteiger partial charge in [-0.1, -0.05) is 24.3 Å². The highest BCUT2D eigenvalue weighted by molar-refractivity contribution is 6.14. The van der Waals surface area contributed by atoms with Gasteiger partial charge in [0.05, 0.1) is 5.56 Å². The lowest BCUT2D eigenvalue weighted by Crippen LogP contribution is -2.11. The van der Waals surface area contributed by atoms with Crippen LogP contribution in [0.4, 0.5) is 0 Å². The van der Waals surface area contributed by atoms with Gasteiger partial charge in [0.25, 0.3) is 0 Å². The van der Waals surface area contributed by atoms with Gasteiger partial charge in [-0.15, -0.1) is 0 Å². The zero-order chi connectivity index (χ0) is 14.9. The summed E-state index contributed by atoms with van der Waals surface area (Å²) < 4.78 is 0. The number of aromatic carboxylic acids is 1. The van der Waals surface area contributed by atoms with E-state index in [0.717, 1.165) is 16.7 Å². The monoisotopic (exact) mass is 268 g/mol. The molecule has 0 atom stereocenters. The number of carboxylic acid groups (broad SMARTS) is 1. The summed E-state index contributed by atoms with van der Waals surface area (Å²) >= 11 is 0. The van der Waals surface area contributed by atoms with Gasteiger partial charge in [-0.3, -0.25) is 4.79 Å². The lowest BCUT2D eigenvalue weighted by atomic mass is 9.92. The molecule has 0 heterocycles. The molecule has 0 radical (unpaired) electrons. The maximum Gasteiger partial charge on any atom is 0.336 e. The van der Waals surface area contributed by atoms with E-state index in [1.54, 1.807) is 18.2 Å².